The Labute approximate surface area is 125 Å². The lowest BCUT2D eigenvalue weighted by atomic mass is 10.1. The van der Waals surface area contributed by atoms with Crippen molar-refractivity contribution < 1.29 is 14.3 Å². The Hall–Kier alpha value is -2.32. The van der Waals surface area contributed by atoms with Crippen LogP contribution in [0.3, 0.4) is 0 Å². The van der Waals surface area contributed by atoms with Crippen molar-refractivity contribution in [1.82, 2.24) is 0 Å². The largest absolute Gasteiger partial charge is 0.456 e. The van der Waals surface area contributed by atoms with E-state index in [9.17, 15) is 4.79 Å². The van der Waals surface area contributed by atoms with Crippen LogP contribution in [0.25, 0.3) is 6.08 Å². The average molecular weight is 288 g/mol. The number of nitrogens with zero attached hydrogens (tertiary/aromatic N) is 2. The Balaban J connectivity index is 2.84. The number of benzene rings is 1. The lowest BCUT2D eigenvalue weighted by molar-refractivity contribution is -0.145. The summed E-state index contributed by atoms with van der Waals surface area (Å²) in [5.41, 5.74) is 1.78. The van der Waals surface area contributed by atoms with E-state index in [1.807, 2.05) is 49.3 Å². The maximum atomic E-state index is 11.9. The van der Waals surface area contributed by atoms with Gasteiger partial charge in [-0.25, -0.2) is 4.79 Å². The van der Waals surface area contributed by atoms with Crippen molar-refractivity contribution >= 4 is 17.7 Å². The minimum absolute atomic E-state index is 0.0319. The highest BCUT2D eigenvalue weighted by molar-refractivity contribution is 5.98. The number of hydrogen-bond donors (Lipinski definition) is 0. The predicted octanol–water partition coefficient (Wildman–Crippen LogP) is 2.24. The smallest absolute Gasteiger partial charge is 0.349 e. The van der Waals surface area contributed by atoms with Crippen LogP contribution < -0.4 is 4.90 Å². The van der Waals surface area contributed by atoms with Crippen LogP contribution in [-0.2, 0) is 14.3 Å². The number of methoxy groups -OCH3 is 1. The zero-order chi connectivity index (χ0) is 15.8. The van der Waals surface area contributed by atoms with Gasteiger partial charge in [-0.2, -0.15) is 5.26 Å². The van der Waals surface area contributed by atoms with Gasteiger partial charge in [-0.3, -0.25) is 0 Å². The van der Waals surface area contributed by atoms with Crippen molar-refractivity contribution in [2.75, 3.05) is 32.7 Å². The van der Waals surface area contributed by atoms with Crippen LogP contribution in [0.1, 0.15) is 12.5 Å². The van der Waals surface area contributed by atoms with Crippen molar-refractivity contribution in [3.05, 3.63) is 35.4 Å². The SMILES string of the molecule is COC[C@@H](C)OC(=O)/C(C#N)=C/c1ccc(N(C)C)cc1. The van der Waals surface area contributed by atoms with Crippen molar-refractivity contribution in [2.24, 2.45) is 0 Å². The van der Waals surface area contributed by atoms with Crippen LogP contribution >= 0.6 is 0 Å². The summed E-state index contributed by atoms with van der Waals surface area (Å²) in [6.07, 6.45) is 1.12. The Kier molecular flexibility index (Phi) is 6.44. The first-order valence-corrected chi connectivity index (χ1v) is 6.57. The number of hydrogen-bond acceptors (Lipinski definition) is 5. The quantitative estimate of drug-likeness (QED) is 0.456. The Morgan fingerprint density at radius 1 is 1.38 bits per heavy atom. The number of rotatable bonds is 6. The Morgan fingerprint density at radius 3 is 2.48 bits per heavy atom. The van der Waals surface area contributed by atoms with Gasteiger partial charge < -0.3 is 14.4 Å². The van der Waals surface area contributed by atoms with Crippen molar-refractivity contribution in [3.8, 4) is 6.07 Å². The van der Waals surface area contributed by atoms with E-state index in [2.05, 4.69) is 0 Å². The summed E-state index contributed by atoms with van der Waals surface area (Å²) in [6.45, 7) is 2.00. The third-order valence-electron chi connectivity index (χ3n) is 2.77. The molecule has 1 atom stereocenters. The van der Waals surface area contributed by atoms with Crippen LogP contribution in [0.2, 0.25) is 0 Å². The fourth-order valence-electron chi connectivity index (χ4n) is 1.69. The van der Waals surface area contributed by atoms with Crippen molar-refractivity contribution in [2.45, 2.75) is 13.0 Å². The summed E-state index contributed by atoms with van der Waals surface area (Å²) in [5.74, 6) is -0.640. The second kappa shape index (κ2) is 8.08. The van der Waals surface area contributed by atoms with Gasteiger partial charge in [0.15, 0.2) is 0 Å². The van der Waals surface area contributed by atoms with Gasteiger partial charge in [0.25, 0.3) is 0 Å². The molecule has 0 radical (unpaired) electrons. The molecule has 1 rings (SSSR count). The minimum atomic E-state index is -0.640. The fraction of sp³-hybridized carbons (Fsp3) is 0.375. The van der Waals surface area contributed by atoms with Gasteiger partial charge in [0.1, 0.15) is 17.7 Å². The standard InChI is InChI=1S/C16H20N2O3/c1-12(11-20-4)21-16(19)14(10-17)9-13-5-7-15(8-6-13)18(2)3/h5-9,12H,11H2,1-4H3/b14-9+/t12-/m1/s1. The fourth-order valence-corrected chi connectivity index (χ4v) is 1.69. The minimum Gasteiger partial charge on any atom is -0.456 e. The summed E-state index contributed by atoms with van der Waals surface area (Å²) in [6, 6.07) is 9.39. The highest BCUT2D eigenvalue weighted by Crippen LogP contribution is 2.15. The third kappa shape index (κ3) is 5.28. The highest BCUT2D eigenvalue weighted by Gasteiger charge is 2.14. The van der Waals surface area contributed by atoms with E-state index in [1.165, 1.54) is 13.2 Å². The predicted molar refractivity (Wildman–Crippen MR) is 81.8 cm³/mol. The van der Waals surface area contributed by atoms with E-state index in [0.717, 1.165) is 11.3 Å². The van der Waals surface area contributed by atoms with Crippen molar-refractivity contribution in [3.63, 3.8) is 0 Å². The number of esters is 1. The molecule has 0 bridgehead atoms. The molecule has 0 heterocycles. The zero-order valence-electron chi connectivity index (χ0n) is 12.8. The molecule has 112 valence electrons. The van der Waals surface area contributed by atoms with Crippen LogP contribution in [0.4, 0.5) is 5.69 Å². The lowest BCUT2D eigenvalue weighted by Gasteiger charge is -2.12. The Bertz CT molecular complexity index is 542. The maximum absolute atomic E-state index is 11.9. The first-order chi connectivity index (χ1) is 9.97. The number of carbonyl (C=O) groups is 1. The van der Waals surface area contributed by atoms with E-state index in [-0.39, 0.29) is 5.57 Å². The summed E-state index contributed by atoms with van der Waals surface area (Å²) in [7, 11) is 5.41. The van der Waals surface area contributed by atoms with E-state index < -0.39 is 12.1 Å². The third-order valence-corrected chi connectivity index (χ3v) is 2.77. The van der Waals surface area contributed by atoms with Gasteiger partial charge in [0.05, 0.1) is 6.61 Å². The first kappa shape index (κ1) is 16.7. The summed E-state index contributed by atoms with van der Waals surface area (Å²) >= 11 is 0. The first-order valence-electron chi connectivity index (χ1n) is 6.57. The molecule has 5 heteroatoms. The molecule has 0 aromatic heterocycles. The molecule has 0 aliphatic carbocycles. The summed E-state index contributed by atoms with van der Waals surface area (Å²) in [4.78, 5) is 13.8. The van der Waals surface area contributed by atoms with E-state index in [1.54, 1.807) is 6.92 Å². The van der Waals surface area contributed by atoms with Gasteiger partial charge in [0, 0.05) is 26.9 Å². The second-order valence-corrected chi connectivity index (χ2v) is 4.83. The number of nitriles is 1. The average Bonchev–Trinajstić information content (AvgIpc) is 2.45. The van der Waals surface area contributed by atoms with Crippen LogP contribution in [0.5, 0.6) is 0 Å². The highest BCUT2D eigenvalue weighted by atomic mass is 16.6. The zero-order valence-corrected chi connectivity index (χ0v) is 12.8. The van der Waals surface area contributed by atoms with Gasteiger partial charge in [-0.15, -0.1) is 0 Å². The topological polar surface area (TPSA) is 62.6 Å². The molecule has 0 fully saturated rings. The second-order valence-electron chi connectivity index (χ2n) is 4.83. The van der Waals surface area contributed by atoms with E-state index in [4.69, 9.17) is 14.7 Å². The molecule has 1 aromatic carbocycles. The van der Waals surface area contributed by atoms with Gasteiger partial charge in [-0.05, 0) is 30.7 Å². The molecular weight excluding hydrogens is 268 g/mol. The summed E-state index contributed by atoms with van der Waals surface area (Å²) < 4.78 is 10.0. The van der Waals surface area contributed by atoms with Gasteiger partial charge >= 0.3 is 5.97 Å². The molecule has 0 spiro atoms. The lowest BCUT2D eigenvalue weighted by Crippen LogP contribution is -2.20. The molecule has 0 N–H and O–H groups in total. The Morgan fingerprint density at radius 2 is 2.00 bits per heavy atom. The van der Waals surface area contributed by atoms with Crippen LogP contribution in [0, 0.1) is 11.3 Å². The molecule has 21 heavy (non-hydrogen) atoms. The van der Waals surface area contributed by atoms with E-state index in [0.29, 0.717) is 6.61 Å². The molecule has 0 aliphatic heterocycles. The van der Waals surface area contributed by atoms with Crippen molar-refractivity contribution in [1.29, 1.82) is 5.26 Å². The molecule has 0 amide bonds. The van der Waals surface area contributed by atoms with Gasteiger partial charge in [0.2, 0.25) is 0 Å². The summed E-state index contributed by atoms with van der Waals surface area (Å²) in [5, 5.41) is 9.08. The van der Waals surface area contributed by atoms with Crippen LogP contribution in [-0.4, -0.2) is 39.9 Å². The molecule has 0 saturated carbocycles. The maximum Gasteiger partial charge on any atom is 0.349 e. The number of anilines is 1. The van der Waals surface area contributed by atoms with E-state index >= 15 is 0 Å². The number of carbonyl (C=O) groups excluding carboxylic acids is 1. The monoisotopic (exact) mass is 288 g/mol. The molecule has 0 saturated heterocycles. The molecule has 0 unspecified atom stereocenters. The van der Waals surface area contributed by atoms with Crippen LogP contribution in [0.15, 0.2) is 29.8 Å². The molecular formula is C16H20N2O3. The molecule has 0 aliphatic rings. The number of ether oxygens (including phenoxy) is 2. The normalized spacial score (nSPS) is 12.4. The molecule has 1 aromatic rings. The van der Waals surface area contributed by atoms with Gasteiger partial charge in [-0.1, -0.05) is 12.1 Å². The molecule has 5 nitrogen and oxygen atoms in total.